The lowest BCUT2D eigenvalue weighted by atomic mass is 10.3. The third kappa shape index (κ3) is 2.99. The Morgan fingerprint density at radius 2 is 2.11 bits per heavy atom. The van der Waals surface area contributed by atoms with Crippen LogP contribution in [-0.4, -0.2) is 20.5 Å². The molecule has 0 fully saturated rings. The maximum atomic E-state index is 6.00. The Morgan fingerprint density at radius 1 is 1.33 bits per heavy atom. The predicted molar refractivity (Wildman–Crippen MR) is 76.8 cm³/mol. The summed E-state index contributed by atoms with van der Waals surface area (Å²) in [7, 11) is 0. The molecule has 1 aromatic carbocycles. The van der Waals surface area contributed by atoms with Gasteiger partial charge in [0.05, 0.1) is 15.7 Å². The highest BCUT2D eigenvalue weighted by molar-refractivity contribution is 7.99. The van der Waals surface area contributed by atoms with Gasteiger partial charge in [0.2, 0.25) is 5.16 Å². The number of aryl methyl sites for hydroxylation is 1. The monoisotopic (exact) mass is 300 g/mol. The fourth-order valence-corrected chi connectivity index (χ4v) is 2.41. The van der Waals surface area contributed by atoms with E-state index in [9.17, 15) is 0 Å². The summed E-state index contributed by atoms with van der Waals surface area (Å²) in [4.78, 5) is 4.39. The van der Waals surface area contributed by atoms with Gasteiger partial charge in [-0.05, 0) is 31.5 Å². The molecule has 2 rings (SSSR count). The van der Waals surface area contributed by atoms with Crippen molar-refractivity contribution in [2.75, 3.05) is 5.75 Å². The van der Waals surface area contributed by atoms with Gasteiger partial charge in [0.25, 0.3) is 0 Å². The van der Waals surface area contributed by atoms with Crippen LogP contribution in [0.2, 0.25) is 10.0 Å². The zero-order chi connectivity index (χ0) is 13.1. The summed E-state index contributed by atoms with van der Waals surface area (Å²) >= 11 is 13.5. The number of hydrogen-bond donors (Lipinski definition) is 0. The lowest BCUT2D eigenvalue weighted by molar-refractivity contribution is 0.813. The molecule has 95 valence electrons. The fraction of sp³-hybridized carbons (Fsp3) is 0.250. The number of halogens is 2. The Bertz CT molecular complexity index is 554. The van der Waals surface area contributed by atoms with Gasteiger partial charge < -0.3 is 0 Å². The maximum Gasteiger partial charge on any atom is 0.209 e. The topological polar surface area (TPSA) is 30.7 Å². The van der Waals surface area contributed by atoms with Gasteiger partial charge in [0, 0.05) is 5.75 Å². The van der Waals surface area contributed by atoms with Gasteiger partial charge in [-0.1, -0.05) is 41.9 Å². The summed E-state index contributed by atoms with van der Waals surface area (Å²) in [6, 6.07) is 5.40. The summed E-state index contributed by atoms with van der Waals surface area (Å²) in [5.74, 6) is 1.73. The van der Waals surface area contributed by atoms with Crippen LogP contribution in [0.25, 0.3) is 5.69 Å². The van der Waals surface area contributed by atoms with Gasteiger partial charge >= 0.3 is 0 Å². The highest BCUT2D eigenvalue weighted by Gasteiger charge is 2.09. The van der Waals surface area contributed by atoms with Gasteiger partial charge in [0.1, 0.15) is 5.82 Å². The van der Waals surface area contributed by atoms with E-state index in [1.165, 1.54) is 0 Å². The molecule has 18 heavy (non-hydrogen) atoms. The molecule has 0 saturated carbocycles. The summed E-state index contributed by atoms with van der Waals surface area (Å²) in [5.41, 5.74) is 0.857. The number of aromatic nitrogens is 3. The summed E-state index contributed by atoms with van der Waals surface area (Å²) < 4.78 is 1.76. The number of benzene rings is 1. The Labute approximate surface area is 121 Å². The first kappa shape index (κ1) is 13.7. The number of rotatable bonds is 4. The molecule has 0 amide bonds. The molecular weight excluding hydrogens is 289 g/mol. The van der Waals surface area contributed by atoms with E-state index in [1.807, 2.05) is 13.0 Å². The van der Waals surface area contributed by atoms with Crippen LogP contribution < -0.4 is 0 Å². The Hall–Kier alpha value is -0.710. The maximum absolute atomic E-state index is 6.00. The van der Waals surface area contributed by atoms with Crippen molar-refractivity contribution in [3.63, 3.8) is 0 Å². The molecule has 0 bridgehead atoms. The standard InChI is InChI=1S/C12H12Cl2N3S/c1-3-6-18-12-15-8(2)17(16-12)9-4-5-10(13)11(14)7-9/h4-5,7H,1,3,6H2,2H3. The van der Waals surface area contributed by atoms with E-state index in [1.54, 1.807) is 28.6 Å². The Balaban J connectivity index is 2.32. The van der Waals surface area contributed by atoms with Crippen molar-refractivity contribution in [2.45, 2.75) is 18.5 Å². The SMILES string of the molecule is [CH2]CCSc1nc(C)n(-c2ccc(Cl)c(Cl)c2)n1. The average Bonchev–Trinajstić information content (AvgIpc) is 2.71. The van der Waals surface area contributed by atoms with Crippen molar-refractivity contribution in [2.24, 2.45) is 0 Å². The van der Waals surface area contributed by atoms with Crippen molar-refractivity contribution in [3.8, 4) is 5.69 Å². The smallest absolute Gasteiger partial charge is 0.209 e. The summed E-state index contributed by atoms with van der Waals surface area (Å²) in [6.07, 6.45) is 0.852. The molecule has 0 saturated heterocycles. The van der Waals surface area contributed by atoms with Crippen LogP contribution in [0.1, 0.15) is 12.2 Å². The van der Waals surface area contributed by atoms with Crippen LogP contribution in [-0.2, 0) is 0 Å². The van der Waals surface area contributed by atoms with Crippen molar-refractivity contribution in [1.29, 1.82) is 0 Å². The minimum Gasteiger partial charge on any atom is -0.217 e. The Kier molecular flexibility index (Phi) is 4.54. The highest BCUT2D eigenvalue weighted by Crippen LogP contribution is 2.25. The molecule has 0 unspecified atom stereocenters. The van der Waals surface area contributed by atoms with Gasteiger partial charge in [0.15, 0.2) is 0 Å². The molecular formula is C12H12Cl2N3S. The molecule has 0 aliphatic rings. The predicted octanol–water partition coefficient (Wildman–Crippen LogP) is 4.20. The third-order valence-electron chi connectivity index (χ3n) is 2.27. The van der Waals surface area contributed by atoms with E-state index in [0.29, 0.717) is 10.0 Å². The van der Waals surface area contributed by atoms with Gasteiger partial charge in [-0.15, -0.1) is 5.10 Å². The number of nitrogens with zero attached hydrogens (tertiary/aromatic N) is 3. The molecule has 1 aromatic heterocycles. The summed E-state index contributed by atoms with van der Waals surface area (Å²) in [6.45, 7) is 5.70. The van der Waals surface area contributed by atoms with Crippen molar-refractivity contribution in [3.05, 3.63) is 41.0 Å². The molecule has 1 heterocycles. The largest absolute Gasteiger partial charge is 0.217 e. The van der Waals surface area contributed by atoms with E-state index in [4.69, 9.17) is 23.2 Å². The lowest BCUT2D eigenvalue weighted by Crippen LogP contribution is -1.99. The van der Waals surface area contributed by atoms with Crippen LogP contribution in [0.4, 0.5) is 0 Å². The van der Waals surface area contributed by atoms with Crippen LogP contribution in [0.15, 0.2) is 23.4 Å². The molecule has 0 spiro atoms. The molecule has 0 aliphatic heterocycles. The van der Waals surface area contributed by atoms with Crippen LogP contribution in [0, 0.1) is 13.8 Å². The molecule has 0 N–H and O–H groups in total. The highest BCUT2D eigenvalue weighted by atomic mass is 35.5. The van der Waals surface area contributed by atoms with E-state index >= 15 is 0 Å². The van der Waals surface area contributed by atoms with Gasteiger partial charge in [-0.2, -0.15) is 0 Å². The fourth-order valence-electron chi connectivity index (χ4n) is 1.45. The first-order chi connectivity index (χ1) is 8.61. The second-order valence-corrected chi connectivity index (χ2v) is 5.53. The molecule has 0 aliphatic carbocycles. The minimum absolute atomic E-state index is 0.510. The van der Waals surface area contributed by atoms with Crippen LogP contribution in [0.5, 0.6) is 0 Å². The second kappa shape index (κ2) is 5.95. The second-order valence-electron chi connectivity index (χ2n) is 3.65. The lowest BCUT2D eigenvalue weighted by Gasteiger charge is -2.04. The molecule has 2 aromatic rings. The molecule has 0 atom stereocenters. The van der Waals surface area contributed by atoms with Crippen LogP contribution in [0.3, 0.4) is 0 Å². The van der Waals surface area contributed by atoms with Crippen molar-refractivity contribution >= 4 is 35.0 Å². The van der Waals surface area contributed by atoms with E-state index in [-0.39, 0.29) is 0 Å². The summed E-state index contributed by atoms with van der Waals surface area (Å²) in [5, 5.41) is 6.22. The van der Waals surface area contributed by atoms with Crippen molar-refractivity contribution in [1.82, 2.24) is 14.8 Å². The minimum atomic E-state index is 0.510. The number of thioether (sulfide) groups is 1. The van der Waals surface area contributed by atoms with Gasteiger partial charge in [-0.3, -0.25) is 0 Å². The van der Waals surface area contributed by atoms with Crippen LogP contribution >= 0.6 is 35.0 Å². The average molecular weight is 301 g/mol. The zero-order valence-electron chi connectivity index (χ0n) is 9.86. The molecule has 6 heteroatoms. The van der Waals surface area contributed by atoms with E-state index in [0.717, 1.165) is 28.8 Å². The first-order valence-corrected chi connectivity index (χ1v) is 7.17. The van der Waals surface area contributed by atoms with Gasteiger partial charge in [-0.25, -0.2) is 9.67 Å². The number of hydrogen-bond acceptors (Lipinski definition) is 3. The first-order valence-electron chi connectivity index (χ1n) is 5.43. The van der Waals surface area contributed by atoms with E-state index in [2.05, 4.69) is 17.0 Å². The van der Waals surface area contributed by atoms with E-state index < -0.39 is 0 Å². The normalized spacial score (nSPS) is 10.9. The quantitative estimate of drug-likeness (QED) is 0.793. The van der Waals surface area contributed by atoms with Crippen molar-refractivity contribution < 1.29 is 0 Å². The Morgan fingerprint density at radius 3 is 2.78 bits per heavy atom. The third-order valence-corrected chi connectivity index (χ3v) is 3.94. The molecule has 3 nitrogen and oxygen atoms in total. The zero-order valence-corrected chi connectivity index (χ0v) is 12.2. The molecule has 1 radical (unpaired) electrons.